The molecule has 2 aromatic carbocycles. The highest BCUT2D eigenvalue weighted by Gasteiger charge is 2.41. The zero-order valence-corrected chi connectivity index (χ0v) is 16.1. The van der Waals surface area contributed by atoms with Crippen LogP contribution in [0, 0.1) is 24.0 Å². The Kier molecular flexibility index (Phi) is 4.80. The van der Waals surface area contributed by atoms with Gasteiger partial charge in [0.25, 0.3) is 11.6 Å². The van der Waals surface area contributed by atoms with E-state index >= 15 is 0 Å². The molecule has 1 N–H and O–H groups in total. The van der Waals surface area contributed by atoms with Crippen LogP contribution in [0.5, 0.6) is 5.75 Å². The van der Waals surface area contributed by atoms with Crippen LogP contribution in [0.1, 0.15) is 25.0 Å². The summed E-state index contributed by atoms with van der Waals surface area (Å²) >= 11 is 0. The molecule has 8 heteroatoms. The van der Waals surface area contributed by atoms with E-state index in [1.54, 1.807) is 39.0 Å². The van der Waals surface area contributed by atoms with Crippen molar-refractivity contribution < 1.29 is 19.2 Å². The molecule has 0 aliphatic carbocycles. The summed E-state index contributed by atoms with van der Waals surface area (Å²) in [5.41, 5.74) is 1.24. The smallest absolute Gasteiger partial charge is 0.271 e. The Morgan fingerprint density at radius 1 is 1.21 bits per heavy atom. The number of fused-ring (bicyclic) bond motifs is 1. The molecule has 3 rings (SSSR count). The van der Waals surface area contributed by atoms with Crippen LogP contribution < -0.4 is 15.0 Å². The standard InChI is InChI=1S/C20H21N3O5/c1-12-5-8-17-16(9-12)22(19(25)20(3,4)28-17)11-18(24)21-15-10-14(23(26)27)7-6-13(15)2/h5-10H,11H2,1-4H3,(H,21,24). The van der Waals surface area contributed by atoms with E-state index in [4.69, 9.17) is 4.74 Å². The van der Waals surface area contributed by atoms with Gasteiger partial charge in [0.05, 0.1) is 16.3 Å². The lowest BCUT2D eigenvalue weighted by Gasteiger charge is -2.38. The molecular formula is C20H21N3O5. The fraction of sp³-hybridized carbons (Fsp3) is 0.300. The number of rotatable bonds is 4. The van der Waals surface area contributed by atoms with E-state index in [1.165, 1.54) is 17.0 Å². The number of carbonyl (C=O) groups excluding carboxylic acids is 2. The van der Waals surface area contributed by atoms with Crippen LogP contribution in [0.3, 0.4) is 0 Å². The minimum absolute atomic E-state index is 0.120. The first kappa shape index (κ1) is 19.3. The van der Waals surface area contributed by atoms with E-state index in [9.17, 15) is 19.7 Å². The summed E-state index contributed by atoms with van der Waals surface area (Å²) < 4.78 is 5.78. The predicted molar refractivity (Wildman–Crippen MR) is 105 cm³/mol. The summed E-state index contributed by atoms with van der Waals surface area (Å²) in [4.78, 5) is 37.3. The van der Waals surface area contributed by atoms with Gasteiger partial charge in [-0.3, -0.25) is 24.6 Å². The lowest BCUT2D eigenvalue weighted by molar-refractivity contribution is -0.384. The largest absolute Gasteiger partial charge is 0.476 e. The van der Waals surface area contributed by atoms with E-state index in [1.807, 2.05) is 13.0 Å². The van der Waals surface area contributed by atoms with E-state index in [2.05, 4.69) is 5.32 Å². The van der Waals surface area contributed by atoms with Gasteiger partial charge < -0.3 is 10.1 Å². The first-order valence-electron chi connectivity index (χ1n) is 8.75. The molecule has 1 aliphatic heterocycles. The topological polar surface area (TPSA) is 102 Å². The molecular weight excluding hydrogens is 362 g/mol. The first-order chi connectivity index (χ1) is 13.1. The third-order valence-corrected chi connectivity index (χ3v) is 4.54. The van der Waals surface area contributed by atoms with Crippen molar-refractivity contribution in [3.63, 3.8) is 0 Å². The van der Waals surface area contributed by atoms with Crippen molar-refractivity contribution in [2.45, 2.75) is 33.3 Å². The molecule has 1 aliphatic rings. The number of hydrogen-bond donors (Lipinski definition) is 1. The van der Waals surface area contributed by atoms with Crippen LogP contribution >= 0.6 is 0 Å². The molecule has 0 atom stereocenters. The second-order valence-electron chi connectivity index (χ2n) is 7.28. The Morgan fingerprint density at radius 2 is 1.93 bits per heavy atom. The number of anilines is 2. The monoisotopic (exact) mass is 383 g/mol. The summed E-state index contributed by atoms with van der Waals surface area (Å²) in [6.07, 6.45) is 0. The molecule has 0 aromatic heterocycles. The van der Waals surface area contributed by atoms with Crippen molar-refractivity contribution in [3.8, 4) is 5.75 Å². The third kappa shape index (κ3) is 3.66. The van der Waals surface area contributed by atoms with E-state index < -0.39 is 16.4 Å². The molecule has 146 valence electrons. The van der Waals surface area contributed by atoms with Gasteiger partial charge in [0.1, 0.15) is 12.3 Å². The highest BCUT2D eigenvalue weighted by atomic mass is 16.6. The number of carbonyl (C=O) groups is 2. The molecule has 0 radical (unpaired) electrons. The number of nitro groups is 1. The van der Waals surface area contributed by atoms with E-state index in [-0.39, 0.29) is 18.1 Å². The van der Waals surface area contributed by atoms with Gasteiger partial charge in [0.15, 0.2) is 5.60 Å². The zero-order valence-electron chi connectivity index (χ0n) is 16.1. The Bertz CT molecular complexity index is 984. The first-order valence-corrected chi connectivity index (χ1v) is 8.75. The number of amides is 2. The van der Waals surface area contributed by atoms with Gasteiger partial charge in [-0.05, 0) is 51.0 Å². The van der Waals surface area contributed by atoms with Crippen LogP contribution in [-0.2, 0) is 9.59 Å². The lowest BCUT2D eigenvalue weighted by Crippen LogP contribution is -2.54. The Labute approximate surface area is 162 Å². The van der Waals surface area contributed by atoms with Gasteiger partial charge in [-0.15, -0.1) is 0 Å². The number of nitro benzene ring substituents is 1. The fourth-order valence-electron chi connectivity index (χ4n) is 3.03. The van der Waals surface area contributed by atoms with Crippen LogP contribution in [0.15, 0.2) is 36.4 Å². The highest BCUT2D eigenvalue weighted by Crippen LogP contribution is 2.38. The number of nitrogens with zero attached hydrogens (tertiary/aromatic N) is 2. The molecule has 8 nitrogen and oxygen atoms in total. The van der Waals surface area contributed by atoms with Crippen LogP contribution in [0.2, 0.25) is 0 Å². The predicted octanol–water partition coefficient (Wildman–Crippen LogP) is 3.35. The van der Waals surface area contributed by atoms with Crippen molar-refractivity contribution in [2.75, 3.05) is 16.8 Å². The molecule has 0 saturated heterocycles. The summed E-state index contributed by atoms with van der Waals surface area (Å²) in [6, 6.07) is 9.67. The minimum atomic E-state index is -1.11. The Morgan fingerprint density at radius 3 is 2.61 bits per heavy atom. The maximum Gasteiger partial charge on any atom is 0.271 e. The van der Waals surface area contributed by atoms with Crippen molar-refractivity contribution in [2.24, 2.45) is 0 Å². The SMILES string of the molecule is Cc1ccc2c(c1)N(CC(=O)Nc1cc([N+](=O)[O-])ccc1C)C(=O)C(C)(C)O2. The second-order valence-corrected chi connectivity index (χ2v) is 7.28. The average Bonchev–Trinajstić information content (AvgIpc) is 2.61. The Hall–Kier alpha value is -3.42. The molecule has 2 amide bonds. The maximum atomic E-state index is 12.9. The summed E-state index contributed by atoms with van der Waals surface area (Å²) in [5.74, 6) is -0.270. The lowest BCUT2D eigenvalue weighted by atomic mass is 10.0. The number of hydrogen-bond acceptors (Lipinski definition) is 5. The van der Waals surface area contributed by atoms with E-state index in [0.29, 0.717) is 22.7 Å². The van der Waals surface area contributed by atoms with Gasteiger partial charge in [0.2, 0.25) is 5.91 Å². The number of nitrogens with one attached hydrogen (secondary N) is 1. The molecule has 2 aromatic rings. The van der Waals surface area contributed by atoms with Crippen LogP contribution in [0.25, 0.3) is 0 Å². The number of aryl methyl sites for hydroxylation is 2. The van der Waals surface area contributed by atoms with Gasteiger partial charge in [-0.1, -0.05) is 12.1 Å². The summed E-state index contributed by atoms with van der Waals surface area (Å²) in [6.45, 7) is 6.68. The van der Waals surface area contributed by atoms with Crippen LogP contribution in [0.4, 0.5) is 17.1 Å². The number of non-ortho nitro benzene ring substituents is 1. The molecule has 0 fully saturated rings. The van der Waals surface area contributed by atoms with Crippen LogP contribution in [-0.4, -0.2) is 28.9 Å². The molecule has 0 bridgehead atoms. The number of benzene rings is 2. The Balaban J connectivity index is 1.88. The zero-order chi connectivity index (χ0) is 20.6. The summed E-state index contributed by atoms with van der Waals surface area (Å²) in [5, 5.41) is 13.6. The average molecular weight is 383 g/mol. The fourth-order valence-corrected chi connectivity index (χ4v) is 3.03. The van der Waals surface area contributed by atoms with Gasteiger partial charge >= 0.3 is 0 Å². The quantitative estimate of drug-likeness (QED) is 0.644. The van der Waals surface area contributed by atoms with Crippen molar-refractivity contribution in [3.05, 3.63) is 57.6 Å². The minimum Gasteiger partial charge on any atom is -0.476 e. The van der Waals surface area contributed by atoms with Gasteiger partial charge in [-0.25, -0.2) is 0 Å². The van der Waals surface area contributed by atoms with Crippen molar-refractivity contribution in [1.29, 1.82) is 0 Å². The van der Waals surface area contributed by atoms with Crippen molar-refractivity contribution >= 4 is 28.9 Å². The number of ether oxygens (including phenoxy) is 1. The highest BCUT2D eigenvalue weighted by molar-refractivity contribution is 6.07. The molecule has 1 heterocycles. The second kappa shape index (κ2) is 6.95. The molecule has 0 unspecified atom stereocenters. The molecule has 28 heavy (non-hydrogen) atoms. The van der Waals surface area contributed by atoms with Gasteiger partial charge in [0, 0.05) is 12.1 Å². The summed E-state index contributed by atoms with van der Waals surface area (Å²) in [7, 11) is 0. The normalized spacial score (nSPS) is 14.9. The molecule has 0 saturated carbocycles. The van der Waals surface area contributed by atoms with Gasteiger partial charge in [-0.2, -0.15) is 0 Å². The van der Waals surface area contributed by atoms with Crippen molar-refractivity contribution in [1.82, 2.24) is 0 Å². The van der Waals surface area contributed by atoms with E-state index in [0.717, 1.165) is 5.56 Å². The maximum absolute atomic E-state index is 12.9. The third-order valence-electron chi connectivity index (χ3n) is 4.54. The molecule has 0 spiro atoms.